The van der Waals surface area contributed by atoms with Crippen LogP contribution in [0.1, 0.15) is 35.0 Å². The van der Waals surface area contributed by atoms with Crippen molar-refractivity contribution < 1.29 is 13.9 Å². The van der Waals surface area contributed by atoms with Crippen LogP contribution in [0.4, 0.5) is 10.1 Å². The summed E-state index contributed by atoms with van der Waals surface area (Å²) in [4.78, 5) is 20.8. The first-order valence-corrected chi connectivity index (χ1v) is 9.02. The predicted octanol–water partition coefficient (Wildman–Crippen LogP) is 3.10. The van der Waals surface area contributed by atoms with Crippen molar-refractivity contribution >= 4 is 17.6 Å². The van der Waals surface area contributed by atoms with Crippen molar-refractivity contribution in [1.82, 2.24) is 4.98 Å². The second-order valence-electron chi connectivity index (χ2n) is 6.59. The van der Waals surface area contributed by atoms with Gasteiger partial charge in [0.1, 0.15) is 23.1 Å². The molecule has 8 heteroatoms. The number of hydrogen-bond acceptors (Lipinski definition) is 6. The fourth-order valence-corrected chi connectivity index (χ4v) is 3.35. The highest BCUT2D eigenvalue weighted by Crippen LogP contribution is 2.41. The third-order valence-corrected chi connectivity index (χ3v) is 4.93. The van der Waals surface area contributed by atoms with Crippen molar-refractivity contribution in [2.24, 2.45) is 16.6 Å². The van der Waals surface area contributed by atoms with E-state index in [1.54, 1.807) is 6.08 Å². The molecule has 0 saturated heterocycles. The van der Waals surface area contributed by atoms with Crippen molar-refractivity contribution in [2.45, 2.75) is 18.9 Å². The van der Waals surface area contributed by atoms with Crippen molar-refractivity contribution in [1.29, 1.82) is 5.26 Å². The lowest BCUT2D eigenvalue weighted by atomic mass is 9.76. The van der Waals surface area contributed by atoms with Gasteiger partial charge in [-0.05, 0) is 36.8 Å². The number of aliphatic imine (C=N–C) groups is 1. The van der Waals surface area contributed by atoms with Crippen LogP contribution < -0.4 is 11.1 Å². The molecule has 2 unspecified atom stereocenters. The minimum atomic E-state index is -1.10. The van der Waals surface area contributed by atoms with E-state index in [4.69, 9.17) is 15.7 Å². The second-order valence-corrected chi connectivity index (χ2v) is 6.59. The number of anilines is 1. The van der Waals surface area contributed by atoms with Gasteiger partial charge >= 0.3 is 0 Å². The number of ether oxygens (including phenoxy) is 1. The largest absolute Gasteiger partial charge is 0.465 e. The monoisotopic (exact) mass is 393 g/mol. The van der Waals surface area contributed by atoms with Gasteiger partial charge in [-0.25, -0.2) is 14.4 Å². The fourth-order valence-electron chi connectivity index (χ4n) is 3.35. The summed E-state index contributed by atoms with van der Waals surface area (Å²) in [7, 11) is 0. The van der Waals surface area contributed by atoms with E-state index in [1.165, 1.54) is 36.5 Å². The van der Waals surface area contributed by atoms with E-state index in [0.717, 1.165) is 0 Å². The van der Waals surface area contributed by atoms with E-state index >= 15 is 0 Å². The van der Waals surface area contributed by atoms with Crippen molar-refractivity contribution in [3.63, 3.8) is 0 Å². The zero-order valence-electron chi connectivity index (χ0n) is 15.9. The lowest BCUT2D eigenvalue weighted by molar-refractivity contribution is 0.102. The maximum atomic E-state index is 14.8. The van der Waals surface area contributed by atoms with E-state index in [1.807, 2.05) is 13.0 Å². The SMILES string of the molecule is C=CC1(c2cc(NC(=O)c3ccc(C#N)cn3)ccc2F)N=C(N)OCC1CC. The molecule has 3 N–H and O–H groups in total. The van der Waals surface area contributed by atoms with Gasteiger partial charge in [0.15, 0.2) is 0 Å². The minimum absolute atomic E-state index is 0.0368. The number of carbonyl (C=O) groups is 1. The number of halogens is 1. The molecule has 0 saturated carbocycles. The highest BCUT2D eigenvalue weighted by atomic mass is 19.1. The summed E-state index contributed by atoms with van der Waals surface area (Å²) in [5, 5.41) is 11.5. The Morgan fingerprint density at radius 1 is 1.52 bits per heavy atom. The number of benzene rings is 1. The fraction of sp³-hybridized carbons (Fsp3) is 0.238. The standard InChI is InChI=1S/C21H20FN5O2/c1-3-14-12-29-20(24)27-21(14,4-2)16-9-15(6-7-17(16)22)26-19(28)18-8-5-13(10-23)11-25-18/h4-9,11,14H,2-3,12H2,1H3,(H2,24,27)(H,26,28). The molecule has 2 aromatic rings. The topological polar surface area (TPSA) is 113 Å². The quantitative estimate of drug-likeness (QED) is 0.758. The van der Waals surface area contributed by atoms with E-state index in [0.29, 0.717) is 17.7 Å². The molecule has 0 spiro atoms. The Morgan fingerprint density at radius 2 is 2.31 bits per heavy atom. The molecule has 148 valence electrons. The zero-order chi connectivity index (χ0) is 21.0. The first-order chi connectivity index (χ1) is 13.9. The summed E-state index contributed by atoms with van der Waals surface area (Å²) in [6, 6.07) is 9.07. The molecule has 29 heavy (non-hydrogen) atoms. The summed E-state index contributed by atoms with van der Waals surface area (Å²) >= 11 is 0. The highest BCUT2D eigenvalue weighted by molar-refractivity contribution is 6.02. The van der Waals surface area contributed by atoms with Crippen LogP contribution in [-0.4, -0.2) is 23.5 Å². The van der Waals surface area contributed by atoms with E-state index < -0.39 is 17.3 Å². The number of nitrogens with zero attached hydrogens (tertiary/aromatic N) is 3. The van der Waals surface area contributed by atoms with Crippen LogP contribution in [0.2, 0.25) is 0 Å². The smallest absolute Gasteiger partial charge is 0.283 e. The average Bonchev–Trinajstić information content (AvgIpc) is 2.74. The molecule has 0 aliphatic carbocycles. The van der Waals surface area contributed by atoms with Crippen LogP contribution in [0.25, 0.3) is 0 Å². The Morgan fingerprint density at radius 3 is 2.93 bits per heavy atom. The van der Waals surface area contributed by atoms with Crippen LogP contribution in [0.15, 0.2) is 54.2 Å². The number of nitriles is 1. The van der Waals surface area contributed by atoms with Gasteiger partial charge in [-0.3, -0.25) is 4.79 Å². The molecule has 1 aromatic carbocycles. The molecular formula is C21H20FN5O2. The number of aromatic nitrogens is 1. The molecule has 1 aromatic heterocycles. The molecule has 0 bridgehead atoms. The summed E-state index contributed by atoms with van der Waals surface area (Å²) < 4.78 is 20.1. The van der Waals surface area contributed by atoms with Gasteiger partial charge in [0.25, 0.3) is 11.9 Å². The van der Waals surface area contributed by atoms with Crippen molar-refractivity contribution in [2.75, 3.05) is 11.9 Å². The zero-order valence-corrected chi connectivity index (χ0v) is 15.9. The molecule has 0 radical (unpaired) electrons. The number of amidine groups is 1. The minimum Gasteiger partial charge on any atom is -0.465 e. The maximum absolute atomic E-state index is 14.8. The van der Waals surface area contributed by atoms with Gasteiger partial charge in [0, 0.05) is 23.4 Å². The van der Waals surface area contributed by atoms with Crippen molar-refractivity contribution in [3.05, 3.63) is 71.8 Å². The summed E-state index contributed by atoms with van der Waals surface area (Å²) in [5.74, 6) is -1.15. The Bertz CT molecular complexity index is 1010. The number of nitrogens with one attached hydrogen (secondary N) is 1. The molecule has 1 aliphatic heterocycles. The van der Waals surface area contributed by atoms with E-state index in [2.05, 4.69) is 21.9 Å². The normalized spacial score (nSPS) is 20.7. The second kappa shape index (κ2) is 8.10. The summed E-state index contributed by atoms with van der Waals surface area (Å²) in [5.41, 5.74) is 5.76. The molecular weight excluding hydrogens is 373 g/mol. The van der Waals surface area contributed by atoms with Crippen LogP contribution in [0.5, 0.6) is 0 Å². The van der Waals surface area contributed by atoms with Crippen LogP contribution in [-0.2, 0) is 10.3 Å². The Labute approximate surface area is 167 Å². The van der Waals surface area contributed by atoms with Crippen LogP contribution in [0.3, 0.4) is 0 Å². The van der Waals surface area contributed by atoms with Gasteiger partial charge in [-0.15, -0.1) is 6.58 Å². The number of rotatable bonds is 5. The first kappa shape index (κ1) is 20.0. The molecule has 7 nitrogen and oxygen atoms in total. The average molecular weight is 393 g/mol. The Hall–Kier alpha value is -3.73. The van der Waals surface area contributed by atoms with Gasteiger partial charge in [-0.2, -0.15) is 5.26 Å². The molecule has 1 aliphatic rings. The lowest BCUT2D eigenvalue weighted by Crippen LogP contribution is -2.42. The third-order valence-electron chi connectivity index (χ3n) is 4.93. The van der Waals surface area contributed by atoms with Crippen molar-refractivity contribution in [3.8, 4) is 6.07 Å². The van der Waals surface area contributed by atoms with Gasteiger partial charge in [-0.1, -0.05) is 13.0 Å². The number of nitrogens with two attached hydrogens (primary N) is 1. The number of carbonyl (C=O) groups excluding carboxylic acids is 1. The van der Waals surface area contributed by atoms with E-state index in [-0.39, 0.29) is 29.8 Å². The number of hydrogen-bond donors (Lipinski definition) is 2. The van der Waals surface area contributed by atoms with Gasteiger partial charge < -0.3 is 15.8 Å². The summed E-state index contributed by atoms with van der Waals surface area (Å²) in [6.45, 7) is 6.08. The van der Waals surface area contributed by atoms with Crippen LogP contribution >= 0.6 is 0 Å². The highest BCUT2D eigenvalue weighted by Gasteiger charge is 2.42. The Kier molecular flexibility index (Phi) is 5.59. The summed E-state index contributed by atoms with van der Waals surface area (Å²) in [6.07, 6.45) is 3.53. The van der Waals surface area contributed by atoms with Crippen LogP contribution in [0, 0.1) is 23.1 Å². The molecule has 0 fully saturated rings. The predicted molar refractivity (Wildman–Crippen MR) is 107 cm³/mol. The molecule has 3 rings (SSSR count). The number of pyridine rings is 1. The maximum Gasteiger partial charge on any atom is 0.283 e. The third kappa shape index (κ3) is 3.80. The van der Waals surface area contributed by atoms with Gasteiger partial charge in [0.05, 0.1) is 12.2 Å². The Balaban J connectivity index is 1.97. The first-order valence-electron chi connectivity index (χ1n) is 9.02. The molecule has 1 amide bonds. The van der Waals surface area contributed by atoms with Gasteiger partial charge in [0.2, 0.25) is 0 Å². The lowest BCUT2D eigenvalue weighted by Gasteiger charge is -2.38. The van der Waals surface area contributed by atoms with E-state index in [9.17, 15) is 9.18 Å². The number of amides is 1. The molecule has 2 heterocycles. The molecule has 2 atom stereocenters.